The predicted octanol–water partition coefficient (Wildman–Crippen LogP) is 0.670. The molecule has 0 radical (unpaired) electrons. The summed E-state index contributed by atoms with van der Waals surface area (Å²) in [7, 11) is 0. The quantitative estimate of drug-likeness (QED) is 0.460. The zero-order chi connectivity index (χ0) is 12.3. The fourth-order valence-electron chi connectivity index (χ4n) is 1.40. The lowest BCUT2D eigenvalue weighted by Crippen LogP contribution is -2.15. The normalized spacial score (nSPS) is 10.1. The van der Waals surface area contributed by atoms with E-state index in [1.807, 2.05) is 0 Å². The molecule has 5 N–H and O–H groups in total. The van der Waals surface area contributed by atoms with Gasteiger partial charge >= 0.3 is 0 Å². The first-order chi connectivity index (χ1) is 8.16. The lowest BCUT2D eigenvalue weighted by molar-refractivity contribution is 0.469. The van der Waals surface area contributed by atoms with Crippen molar-refractivity contribution in [1.82, 2.24) is 9.97 Å². The van der Waals surface area contributed by atoms with Gasteiger partial charge in [-0.2, -0.15) is 0 Å². The van der Waals surface area contributed by atoms with Crippen molar-refractivity contribution >= 4 is 11.5 Å². The molecular formula is C11H12N4O2. The molecule has 0 bridgehead atoms. The molecule has 0 aliphatic carbocycles. The highest BCUT2D eigenvalue weighted by molar-refractivity contribution is 5.48. The second-order valence-corrected chi connectivity index (χ2v) is 3.51. The number of nitrogen functional groups attached to an aromatic ring is 1. The van der Waals surface area contributed by atoms with Crippen LogP contribution in [0.4, 0.5) is 11.5 Å². The van der Waals surface area contributed by atoms with Gasteiger partial charge in [-0.3, -0.25) is 4.79 Å². The fraction of sp³-hybridized carbons (Fsp3) is 0.0909. The van der Waals surface area contributed by atoms with Crippen LogP contribution in [0.1, 0.15) is 5.56 Å². The van der Waals surface area contributed by atoms with E-state index < -0.39 is 0 Å². The number of benzene rings is 1. The van der Waals surface area contributed by atoms with Crippen molar-refractivity contribution < 1.29 is 5.11 Å². The topological polar surface area (TPSA) is 104 Å². The summed E-state index contributed by atoms with van der Waals surface area (Å²) in [6, 6.07) is 4.75. The van der Waals surface area contributed by atoms with Gasteiger partial charge in [-0.25, -0.2) is 4.98 Å². The van der Waals surface area contributed by atoms with Gasteiger partial charge in [-0.05, 0) is 18.2 Å². The van der Waals surface area contributed by atoms with Crippen LogP contribution in [0.25, 0.3) is 0 Å². The number of nitrogens with one attached hydrogen (secondary N) is 2. The second-order valence-electron chi connectivity index (χ2n) is 3.51. The molecule has 0 aliphatic rings. The number of nitrogens with two attached hydrogens (primary N) is 1. The van der Waals surface area contributed by atoms with Gasteiger partial charge in [0.05, 0.1) is 0 Å². The molecule has 17 heavy (non-hydrogen) atoms. The van der Waals surface area contributed by atoms with Crippen molar-refractivity contribution in [2.45, 2.75) is 6.54 Å². The number of hydrogen-bond donors (Lipinski definition) is 4. The molecule has 1 aromatic carbocycles. The molecule has 6 heteroatoms. The number of aromatic hydroxyl groups is 1. The number of hydrogen-bond acceptors (Lipinski definition) is 5. The molecule has 0 spiro atoms. The molecule has 0 saturated heterocycles. The van der Waals surface area contributed by atoms with Crippen LogP contribution < -0.4 is 16.6 Å². The molecule has 6 nitrogen and oxygen atoms in total. The SMILES string of the molecule is Nc1ccc(O)c(CNc2ncc[nH]c2=O)c1. The van der Waals surface area contributed by atoms with Crippen LogP contribution in [0.2, 0.25) is 0 Å². The van der Waals surface area contributed by atoms with Crippen molar-refractivity contribution in [1.29, 1.82) is 0 Å². The Bertz CT molecular complexity index is 580. The minimum atomic E-state index is -0.309. The standard InChI is InChI=1S/C11H12N4O2/c12-8-1-2-9(16)7(5-8)6-15-10-11(17)14-4-3-13-10/h1-5,16H,6,12H2,(H,13,15)(H,14,17). The lowest BCUT2D eigenvalue weighted by Gasteiger charge is -2.07. The maximum absolute atomic E-state index is 11.3. The molecule has 0 unspecified atom stereocenters. The largest absolute Gasteiger partial charge is 0.508 e. The number of rotatable bonds is 3. The molecule has 1 aromatic heterocycles. The zero-order valence-corrected chi connectivity index (χ0v) is 8.97. The predicted molar refractivity (Wildman–Crippen MR) is 64.7 cm³/mol. The summed E-state index contributed by atoms with van der Waals surface area (Å²) in [4.78, 5) is 17.7. The van der Waals surface area contributed by atoms with E-state index >= 15 is 0 Å². The van der Waals surface area contributed by atoms with E-state index in [9.17, 15) is 9.90 Å². The average Bonchev–Trinajstić information content (AvgIpc) is 2.32. The Morgan fingerprint density at radius 1 is 1.47 bits per heavy atom. The van der Waals surface area contributed by atoms with Crippen LogP contribution in [-0.2, 0) is 6.54 Å². The molecule has 0 amide bonds. The second kappa shape index (κ2) is 4.56. The van der Waals surface area contributed by atoms with E-state index in [1.165, 1.54) is 18.5 Å². The van der Waals surface area contributed by atoms with Gasteiger partial charge in [-0.15, -0.1) is 0 Å². The fourth-order valence-corrected chi connectivity index (χ4v) is 1.40. The van der Waals surface area contributed by atoms with E-state index in [2.05, 4.69) is 15.3 Å². The van der Waals surface area contributed by atoms with Gasteiger partial charge < -0.3 is 21.1 Å². The summed E-state index contributed by atoms with van der Waals surface area (Å²) in [6.45, 7) is 0.275. The number of phenolic OH excluding ortho intramolecular Hbond substituents is 1. The van der Waals surface area contributed by atoms with E-state index in [1.54, 1.807) is 12.1 Å². The summed E-state index contributed by atoms with van der Waals surface area (Å²) < 4.78 is 0. The average molecular weight is 232 g/mol. The molecule has 0 aliphatic heterocycles. The van der Waals surface area contributed by atoms with Gasteiger partial charge in [0.1, 0.15) is 5.75 Å². The van der Waals surface area contributed by atoms with Gasteiger partial charge in [0.15, 0.2) is 5.82 Å². The maximum atomic E-state index is 11.3. The molecule has 1 heterocycles. The third-order valence-corrected chi connectivity index (χ3v) is 2.26. The van der Waals surface area contributed by atoms with Crippen LogP contribution in [0.5, 0.6) is 5.75 Å². The minimum absolute atomic E-state index is 0.124. The highest BCUT2D eigenvalue weighted by atomic mass is 16.3. The maximum Gasteiger partial charge on any atom is 0.290 e. The number of aromatic amines is 1. The summed E-state index contributed by atoms with van der Waals surface area (Å²) in [5, 5.41) is 12.4. The Morgan fingerprint density at radius 3 is 3.06 bits per heavy atom. The Hall–Kier alpha value is -2.50. The Morgan fingerprint density at radius 2 is 2.29 bits per heavy atom. The van der Waals surface area contributed by atoms with E-state index in [4.69, 9.17) is 5.73 Å². The first kappa shape index (κ1) is 11.0. The molecular weight excluding hydrogens is 220 g/mol. The summed E-state index contributed by atoms with van der Waals surface area (Å²) >= 11 is 0. The number of aromatic nitrogens is 2. The first-order valence-electron chi connectivity index (χ1n) is 5.02. The van der Waals surface area contributed by atoms with Crippen LogP contribution >= 0.6 is 0 Å². The van der Waals surface area contributed by atoms with Gasteiger partial charge in [0, 0.05) is 30.2 Å². The molecule has 0 atom stereocenters. The highest BCUT2D eigenvalue weighted by Crippen LogP contribution is 2.20. The Balaban J connectivity index is 2.15. The van der Waals surface area contributed by atoms with Crippen molar-refractivity contribution in [3.8, 4) is 5.75 Å². The van der Waals surface area contributed by atoms with Crippen LogP contribution in [0.15, 0.2) is 35.4 Å². The third-order valence-electron chi connectivity index (χ3n) is 2.26. The molecule has 2 rings (SSSR count). The molecule has 2 aromatic rings. The highest BCUT2D eigenvalue weighted by Gasteiger charge is 2.03. The number of anilines is 2. The van der Waals surface area contributed by atoms with Crippen LogP contribution in [0.3, 0.4) is 0 Å². The van der Waals surface area contributed by atoms with Crippen molar-refractivity contribution in [2.75, 3.05) is 11.1 Å². The van der Waals surface area contributed by atoms with E-state index in [0.717, 1.165) is 0 Å². The monoisotopic (exact) mass is 232 g/mol. The van der Waals surface area contributed by atoms with Crippen LogP contribution in [0, 0.1) is 0 Å². The minimum Gasteiger partial charge on any atom is -0.508 e. The first-order valence-corrected chi connectivity index (χ1v) is 5.02. The zero-order valence-electron chi connectivity index (χ0n) is 8.97. The van der Waals surface area contributed by atoms with Gasteiger partial charge in [-0.1, -0.05) is 0 Å². The van der Waals surface area contributed by atoms with Gasteiger partial charge in [0.2, 0.25) is 0 Å². The molecule has 88 valence electrons. The number of H-pyrrole nitrogens is 1. The van der Waals surface area contributed by atoms with Gasteiger partial charge in [0.25, 0.3) is 5.56 Å². The Labute approximate surface area is 97.1 Å². The lowest BCUT2D eigenvalue weighted by atomic mass is 10.2. The summed E-state index contributed by atoms with van der Waals surface area (Å²) in [5.74, 6) is 0.327. The smallest absolute Gasteiger partial charge is 0.290 e. The van der Waals surface area contributed by atoms with Crippen molar-refractivity contribution in [3.05, 3.63) is 46.5 Å². The molecule has 0 fully saturated rings. The Kier molecular flexibility index (Phi) is 2.95. The summed E-state index contributed by atoms with van der Waals surface area (Å²) in [6.07, 6.45) is 2.93. The third kappa shape index (κ3) is 2.54. The number of nitrogens with zero attached hydrogens (tertiary/aromatic N) is 1. The van der Waals surface area contributed by atoms with E-state index in [-0.39, 0.29) is 23.7 Å². The van der Waals surface area contributed by atoms with E-state index in [0.29, 0.717) is 11.3 Å². The van der Waals surface area contributed by atoms with Crippen LogP contribution in [-0.4, -0.2) is 15.1 Å². The van der Waals surface area contributed by atoms with Crippen molar-refractivity contribution in [2.24, 2.45) is 0 Å². The molecule has 0 saturated carbocycles. The van der Waals surface area contributed by atoms with Crippen molar-refractivity contribution in [3.63, 3.8) is 0 Å². The number of phenols is 1. The summed E-state index contributed by atoms with van der Waals surface area (Å²) in [5.41, 5.74) is 6.45.